The molecule has 0 fully saturated rings. The number of rotatable bonds is 3. The number of ketones is 1. The third-order valence-corrected chi connectivity index (χ3v) is 2.62. The van der Waals surface area contributed by atoms with Gasteiger partial charge >= 0.3 is 0 Å². The molecule has 0 saturated carbocycles. The van der Waals surface area contributed by atoms with E-state index in [1.165, 1.54) is 25.2 Å². The first-order valence-electron chi connectivity index (χ1n) is 3.79. The predicted molar refractivity (Wildman–Crippen MR) is 53.7 cm³/mol. The second-order valence-electron chi connectivity index (χ2n) is 2.89. The summed E-state index contributed by atoms with van der Waals surface area (Å²) in [7, 11) is 0. The number of nitrogens with two attached hydrogens (primary N) is 1. The minimum absolute atomic E-state index is 0.263. The molecule has 1 unspecified atom stereocenters. The molecule has 6 nitrogen and oxygen atoms in total. The Morgan fingerprint density at radius 2 is 2.50 bits per heavy atom. The zero-order chi connectivity index (χ0) is 10.8. The molecule has 0 radical (unpaired) electrons. The van der Waals surface area contributed by atoms with E-state index in [-0.39, 0.29) is 5.78 Å². The molecule has 0 saturated heterocycles. The maximum atomic E-state index is 11.3. The van der Waals surface area contributed by atoms with E-state index < -0.39 is 5.54 Å². The zero-order valence-electron chi connectivity index (χ0n) is 7.76. The highest BCUT2D eigenvalue weighted by Gasteiger charge is 2.33. The highest BCUT2D eigenvalue weighted by Crippen LogP contribution is 2.28. The van der Waals surface area contributed by atoms with Gasteiger partial charge in [-0.15, -0.1) is 11.3 Å². The topological polar surface area (TPSA) is 105 Å². The summed E-state index contributed by atoms with van der Waals surface area (Å²) < 4.78 is 0. The average molecular weight is 211 g/mol. The minimum Gasteiger partial charge on any atom is -0.375 e. The molecule has 0 aliphatic heterocycles. The minimum atomic E-state index is -1.25. The van der Waals surface area contributed by atoms with Gasteiger partial charge in [-0.25, -0.2) is 4.98 Å². The van der Waals surface area contributed by atoms with Crippen LogP contribution in [0.5, 0.6) is 0 Å². The summed E-state index contributed by atoms with van der Waals surface area (Å²) in [6.45, 7) is 2.87. The van der Waals surface area contributed by atoms with Crippen molar-refractivity contribution < 1.29 is 4.79 Å². The van der Waals surface area contributed by atoms with Crippen LogP contribution < -0.4 is 5.73 Å². The molecule has 0 aliphatic rings. The largest absolute Gasteiger partial charge is 0.375 e. The molecule has 2 N–H and O–H groups in total. The highest BCUT2D eigenvalue weighted by molar-refractivity contribution is 7.13. The maximum Gasteiger partial charge on any atom is 0.180 e. The Balaban J connectivity index is 3.25. The molecule has 1 aromatic heterocycles. The maximum absolute atomic E-state index is 11.3. The summed E-state index contributed by atoms with van der Waals surface area (Å²) in [6, 6.07) is 0. The number of hydrogen-bond acceptors (Lipinski definition) is 5. The number of anilines is 1. The number of carbonyl (C=O) groups excluding carboxylic acids is 1. The van der Waals surface area contributed by atoms with E-state index in [2.05, 4.69) is 15.0 Å². The van der Waals surface area contributed by atoms with Crippen LogP contribution in [0.25, 0.3) is 10.4 Å². The number of hydrogen-bond donors (Lipinski definition) is 1. The molecule has 0 aliphatic carbocycles. The van der Waals surface area contributed by atoms with Crippen molar-refractivity contribution in [1.82, 2.24) is 4.98 Å². The number of Topliss-reactive ketones (excluding diaryl/α,β-unsaturated/α-hetero) is 1. The van der Waals surface area contributed by atoms with Crippen LogP contribution in [-0.2, 0) is 10.3 Å². The van der Waals surface area contributed by atoms with Crippen molar-refractivity contribution in [2.45, 2.75) is 19.4 Å². The van der Waals surface area contributed by atoms with E-state index in [0.717, 1.165) is 0 Å². The fourth-order valence-electron chi connectivity index (χ4n) is 0.903. The first-order chi connectivity index (χ1) is 6.50. The van der Waals surface area contributed by atoms with Crippen LogP contribution in [0.3, 0.4) is 0 Å². The quantitative estimate of drug-likeness (QED) is 0.468. The lowest BCUT2D eigenvalue weighted by Gasteiger charge is -2.17. The Morgan fingerprint density at radius 1 is 1.86 bits per heavy atom. The Kier molecular flexibility index (Phi) is 2.73. The third kappa shape index (κ3) is 1.68. The van der Waals surface area contributed by atoms with E-state index in [0.29, 0.717) is 10.8 Å². The molecular formula is C7H9N5OS. The molecule has 14 heavy (non-hydrogen) atoms. The van der Waals surface area contributed by atoms with Crippen LogP contribution in [0.4, 0.5) is 5.13 Å². The van der Waals surface area contributed by atoms with Gasteiger partial charge in [-0.2, -0.15) is 0 Å². The lowest BCUT2D eigenvalue weighted by molar-refractivity contribution is -0.121. The second kappa shape index (κ2) is 3.65. The number of aromatic nitrogens is 1. The van der Waals surface area contributed by atoms with Gasteiger partial charge in [0.25, 0.3) is 0 Å². The first-order valence-corrected chi connectivity index (χ1v) is 4.67. The van der Waals surface area contributed by atoms with E-state index >= 15 is 0 Å². The van der Waals surface area contributed by atoms with Crippen LogP contribution in [0.1, 0.15) is 19.5 Å². The molecule has 1 aromatic rings. The molecule has 1 heterocycles. The summed E-state index contributed by atoms with van der Waals surface area (Å²) in [5, 5.41) is 5.42. The smallest absolute Gasteiger partial charge is 0.180 e. The molecule has 74 valence electrons. The van der Waals surface area contributed by atoms with E-state index in [1.807, 2.05) is 0 Å². The van der Waals surface area contributed by atoms with Gasteiger partial charge in [-0.05, 0) is 19.4 Å². The van der Waals surface area contributed by atoms with E-state index in [9.17, 15) is 4.79 Å². The number of carbonyl (C=O) groups is 1. The van der Waals surface area contributed by atoms with Crippen LogP contribution in [-0.4, -0.2) is 10.8 Å². The second-order valence-corrected chi connectivity index (χ2v) is 3.78. The number of thiazole rings is 1. The molecule has 0 spiro atoms. The van der Waals surface area contributed by atoms with E-state index in [4.69, 9.17) is 11.3 Å². The van der Waals surface area contributed by atoms with Crippen molar-refractivity contribution in [2.75, 3.05) is 5.73 Å². The normalized spacial score (nSPS) is 14.1. The standard InChI is InChI=1S/C7H9N5OS/c1-4(13)7(2,11-12-9)5-3-14-6(8)10-5/h3H,1-2H3,(H2,8,10). The van der Waals surface area contributed by atoms with Crippen LogP contribution in [0, 0.1) is 0 Å². The lowest BCUT2D eigenvalue weighted by atomic mass is 9.95. The number of nitrogen functional groups attached to an aromatic ring is 1. The number of azide groups is 1. The molecule has 0 bridgehead atoms. The van der Waals surface area contributed by atoms with Gasteiger partial charge in [0.2, 0.25) is 0 Å². The van der Waals surface area contributed by atoms with Gasteiger partial charge in [0, 0.05) is 10.3 Å². The summed E-state index contributed by atoms with van der Waals surface area (Å²) in [5.41, 5.74) is 12.9. The summed E-state index contributed by atoms with van der Waals surface area (Å²) in [6.07, 6.45) is 0. The van der Waals surface area contributed by atoms with Crippen molar-refractivity contribution in [3.63, 3.8) is 0 Å². The lowest BCUT2D eigenvalue weighted by Crippen LogP contribution is -2.28. The highest BCUT2D eigenvalue weighted by atomic mass is 32.1. The SMILES string of the molecule is CC(=O)C(C)(N=[N+]=[N-])c1csc(N)n1. The first kappa shape index (κ1) is 10.5. The Hall–Kier alpha value is -1.59. The average Bonchev–Trinajstić information content (AvgIpc) is 2.52. The third-order valence-electron chi connectivity index (χ3n) is 1.95. The fraction of sp³-hybridized carbons (Fsp3) is 0.429. The van der Waals surface area contributed by atoms with Crippen molar-refractivity contribution in [2.24, 2.45) is 5.11 Å². The van der Waals surface area contributed by atoms with Gasteiger partial charge in [0.05, 0.1) is 5.69 Å². The van der Waals surface area contributed by atoms with Crippen LogP contribution >= 0.6 is 11.3 Å². The van der Waals surface area contributed by atoms with Crippen LogP contribution in [0.15, 0.2) is 10.5 Å². The van der Waals surface area contributed by atoms with Gasteiger partial charge < -0.3 is 5.73 Å². The molecule has 7 heteroatoms. The Labute approximate surface area is 84.4 Å². The van der Waals surface area contributed by atoms with Crippen molar-refractivity contribution in [3.05, 3.63) is 21.5 Å². The molecule has 0 amide bonds. The van der Waals surface area contributed by atoms with Crippen LogP contribution in [0.2, 0.25) is 0 Å². The number of nitrogens with zero attached hydrogens (tertiary/aromatic N) is 4. The van der Waals surface area contributed by atoms with Crippen molar-refractivity contribution in [1.29, 1.82) is 0 Å². The molecule has 1 atom stereocenters. The predicted octanol–water partition coefficient (Wildman–Crippen LogP) is 1.84. The van der Waals surface area contributed by atoms with Gasteiger partial charge in [-0.3, -0.25) is 4.79 Å². The Morgan fingerprint density at radius 3 is 2.86 bits per heavy atom. The molecule has 0 aromatic carbocycles. The monoisotopic (exact) mass is 211 g/mol. The fourth-order valence-corrected chi connectivity index (χ4v) is 1.57. The van der Waals surface area contributed by atoms with Crippen molar-refractivity contribution >= 4 is 22.3 Å². The molecular weight excluding hydrogens is 202 g/mol. The summed E-state index contributed by atoms with van der Waals surface area (Å²) >= 11 is 1.21. The zero-order valence-corrected chi connectivity index (χ0v) is 8.58. The van der Waals surface area contributed by atoms with Gasteiger partial charge in [-0.1, -0.05) is 5.11 Å². The Bertz CT molecular complexity index is 404. The van der Waals surface area contributed by atoms with E-state index in [1.54, 1.807) is 5.38 Å². The summed E-state index contributed by atoms with van der Waals surface area (Å²) in [4.78, 5) is 17.9. The molecule has 1 rings (SSSR count). The van der Waals surface area contributed by atoms with Crippen molar-refractivity contribution in [3.8, 4) is 0 Å². The van der Waals surface area contributed by atoms with Gasteiger partial charge in [0.15, 0.2) is 5.13 Å². The summed E-state index contributed by atoms with van der Waals surface area (Å²) in [5.74, 6) is -0.263. The van der Waals surface area contributed by atoms with Gasteiger partial charge in [0.1, 0.15) is 11.3 Å².